The number of nitrogens with one attached hydrogen (secondary N) is 2. The minimum Gasteiger partial charge on any atom is -0.386 e. The van der Waals surface area contributed by atoms with Crippen molar-refractivity contribution in [3.63, 3.8) is 0 Å². The van der Waals surface area contributed by atoms with E-state index in [1.807, 2.05) is 0 Å². The number of benzene rings is 1. The summed E-state index contributed by atoms with van der Waals surface area (Å²) in [6.45, 7) is -1.21. The summed E-state index contributed by atoms with van der Waals surface area (Å²) < 4.78 is 63.6. The summed E-state index contributed by atoms with van der Waals surface area (Å²) in [4.78, 5) is 15.5. The van der Waals surface area contributed by atoms with Gasteiger partial charge < -0.3 is 10.4 Å². The van der Waals surface area contributed by atoms with Crippen molar-refractivity contribution in [1.29, 1.82) is 0 Å². The number of sulfonamides is 1. The van der Waals surface area contributed by atoms with Crippen LogP contribution in [0.15, 0.2) is 42.6 Å². The lowest BCUT2D eigenvalue weighted by atomic mass is 9.99. The molecule has 2 aromatic rings. The molecule has 1 aliphatic carbocycles. The minimum atomic E-state index is -3.37. The molecule has 3 rings (SSSR count). The maximum atomic E-state index is 13.1. The molecule has 2 atom stereocenters. The quantitative estimate of drug-likeness (QED) is 0.534. The Morgan fingerprint density at radius 2 is 1.77 bits per heavy atom. The molecule has 0 spiro atoms. The Morgan fingerprint density at radius 3 is 2.23 bits per heavy atom. The van der Waals surface area contributed by atoms with E-state index in [1.165, 1.54) is 12.1 Å². The van der Waals surface area contributed by atoms with Crippen molar-refractivity contribution in [3.05, 3.63) is 53.9 Å². The third kappa shape index (κ3) is 5.60. The van der Waals surface area contributed by atoms with Crippen LogP contribution in [0.5, 0.6) is 0 Å². The molecule has 0 unspecified atom stereocenters. The number of carbonyl (C=O) groups excluding carboxylic acids is 1. The van der Waals surface area contributed by atoms with E-state index in [2.05, 4.69) is 9.71 Å². The minimum absolute atomic E-state index is 0.250. The first-order valence-electron chi connectivity index (χ1n) is 9.43. The first-order chi connectivity index (χ1) is 14.5. The summed E-state index contributed by atoms with van der Waals surface area (Å²) in [5.41, 5.74) is 1.66. The van der Waals surface area contributed by atoms with Crippen LogP contribution < -0.4 is 10.0 Å². The Balaban J connectivity index is 1.72. The van der Waals surface area contributed by atoms with E-state index in [0.717, 1.165) is 17.4 Å². The van der Waals surface area contributed by atoms with Gasteiger partial charge in [-0.2, -0.15) is 8.78 Å². The summed E-state index contributed by atoms with van der Waals surface area (Å²) in [7, 11) is -3.37. The average molecular weight is 457 g/mol. The summed E-state index contributed by atoms with van der Waals surface area (Å²) >= 11 is 0. The topological polar surface area (TPSA) is 108 Å². The van der Waals surface area contributed by atoms with Gasteiger partial charge in [-0.15, -0.1) is 0 Å². The molecular weight excluding hydrogens is 435 g/mol. The van der Waals surface area contributed by atoms with E-state index < -0.39 is 46.7 Å². The van der Waals surface area contributed by atoms with Crippen molar-refractivity contribution < 1.29 is 31.5 Å². The number of amides is 1. The molecule has 1 aliphatic rings. The smallest absolute Gasteiger partial charge is 0.315 e. The van der Waals surface area contributed by atoms with E-state index in [4.69, 9.17) is 0 Å². The largest absolute Gasteiger partial charge is 0.386 e. The number of aliphatic hydroxyl groups excluding tert-OH is 1. The fraction of sp³-hybridized carbons (Fsp3) is 0.400. The van der Waals surface area contributed by atoms with Crippen LogP contribution in [0.2, 0.25) is 0 Å². The van der Waals surface area contributed by atoms with Crippen molar-refractivity contribution in [2.75, 3.05) is 12.9 Å². The molecular formula is C20H22F3N3O4S. The molecule has 0 aliphatic heterocycles. The normalized spacial score (nSPS) is 17.2. The van der Waals surface area contributed by atoms with E-state index in [0.29, 0.717) is 18.5 Å². The number of nitrogens with zero attached hydrogens (tertiary/aromatic N) is 1. The van der Waals surface area contributed by atoms with Crippen LogP contribution in [0, 0.1) is 0 Å². The highest BCUT2D eigenvalue weighted by molar-refractivity contribution is 7.88. The monoisotopic (exact) mass is 457 g/mol. The number of hydrogen-bond donors (Lipinski definition) is 3. The standard InChI is InChI=1S/C20H22F3N3O4S/c1-31(29,30)26-20(8-9-20)16-7-6-14(11-24-16)12-2-4-13(5-3-12)17(27)15(10-21)25-19(28)18(22)23/h2-7,11,15,17-18,26-27H,8-10H2,1H3,(H,25,28)/t15-,17+/m1/s1. The second-order valence-corrected chi connectivity index (χ2v) is 9.27. The number of halogens is 3. The Kier molecular flexibility index (Phi) is 6.68. The predicted octanol–water partition coefficient (Wildman–Crippen LogP) is 2.04. The van der Waals surface area contributed by atoms with Gasteiger partial charge in [0, 0.05) is 11.8 Å². The zero-order valence-corrected chi connectivity index (χ0v) is 17.4. The number of aliphatic hydroxyl groups is 1. The molecule has 7 nitrogen and oxygen atoms in total. The first-order valence-corrected chi connectivity index (χ1v) is 11.3. The summed E-state index contributed by atoms with van der Waals surface area (Å²) in [5, 5.41) is 12.0. The first kappa shape index (κ1) is 23.2. The lowest BCUT2D eigenvalue weighted by Crippen LogP contribution is -2.43. The van der Waals surface area contributed by atoms with E-state index in [-0.39, 0.29) is 5.56 Å². The molecule has 1 heterocycles. The molecule has 1 fully saturated rings. The van der Waals surface area contributed by atoms with Crippen LogP contribution in [0.3, 0.4) is 0 Å². The second-order valence-electron chi connectivity index (χ2n) is 7.53. The van der Waals surface area contributed by atoms with Gasteiger partial charge in [-0.3, -0.25) is 9.78 Å². The summed E-state index contributed by atoms with van der Waals surface area (Å²) in [5.74, 6) is -1.65. The van der Waals surface area contributed by atoms with Crippen LogP contribution >= 0.6 is 0 Å². The number of aromatic nitrogens is 1. The lowest BCUT2D eigenvalue weighted by Gasteiger charge is -2.22. The maximum absolute atomic E-state index is 13.1. The molecule has 0 saturated heterocycles. The van der Waals surface area contributed by atoms with Crippen LogP contribution in [0.25, 0.3) is 11.1 Å². The second kappa shape index (κ2) is 8.93. The highest BCUT2D eigenvalue weighted by atomic mass is 32.2. The Labute approximate surface area is 177 Å². The molecule has 3 N–H and O–H groups in total. The van der Waals surface area contributed by atoms with Crippen LogP contribution in [0.1, 0.15) is 30.2 Å². The molecule has 11 heteroatoms. The van der Waals surface area contributed by atoms with Gasteiger partial charge in [0.15, 0.2) is 0 Å². The Bertz CT molecular complexity index is 1030. The van der Waals surface area contributed by atoms with E-state index >= 15 is 0 Å². The number of rotatable bonds is 9. The zero-order chi connectivity index (χ0) is 22.8. The van der Waals surface area contributed by atoms with Gasteiger partial charge in [-0.05, 0) is 30.0 Å². The van der Waals surface area contributed by atoms with Gasteiger partial charge in [0.25, 0.3) is 5.91 Å². The number of carbonyl (C=O) groups is 1. The highest BCUT2D eigenvalue weighted by Gasteiger charge is 2.47. The molecule has 31 heavy (non-hydrogen) atoms. The van der Waals surface area contributed by atoms with Gasteiger partial charge in [-0.1, -0.05) is 30.3 Å². The summed E-state index contributed by atoms with van der Waals surface area (Å²) in [6, 6.07) is 8.30. The fourth-order valence-corrected chi connectivity index (χ4v) is 4.31. The van der Waals surface area contributed by atoms with Gasteiger partial charge >= 0.3 is 6.43 Å². The number of pyridine rings is 1. The lowest BCUT2D eigenvalue weighted by molar-refractivity contribution is -0.133. The maximum Gasteiger partial charge on any atom is 0.315 e. The highest BCUT2D eigenvalue weighted by Crippen LogP contribution is 2.45. The molecule has 1 aromatic carbocycles. The Morgan fingerprint density at radius 1 is 1.16 bits per heavy atom. The van der Waals surface area contributed by atoms with Crippen molar-refractivity contribution in [2.45, 2.75) is 37.0 Å². The molecule has 168 valence electrons. The third-order valence-corrected chi connectivity index (χ3v) is 5.80. The molecule has 1 amide bonds. The SMILES string of the molecule is CS(=O)(=O)NC1(c2ccc(-c3ccc([C@H](O)[C@@H](CF)NC(=O)C(F)F)cc3)cn2)CC1. The predicted molar refractivity (Wildman–Crippen MR) is 107 cm³/mol. The van der Waals surface area contributed by atoms with Crippen LogP contribution in [-0.2, 0) is 20.4 Å². The van der Waals surface area contributed by atoms with E-state index in [9.17, 15) is 31.5 Å². The zero-order valence-electron chi connectivity index (χ0n) is 16.6. The van der Waals surface area contributed by atoms with Crippen molar-refractivity contribution in [1.82, 2.24) is 15.0 Å². The third-order valence-electron chi connectivity index (χ3n) is 5.04. The van der Waals surface area contributed by atoms with Gasteiger partial charge in [0.2, 0.25) is 10.0 Å². The van der Waals surface area contributed by atoms with Crippen molar-refractivity contribution in [3.8, 4) is 11.1 Å². The van der Waals surface area contributed by atoms with Crippen LogP contribution in [0.4, 0.5) is 13.2 Å². The summed E-state index contributed by atoms with van der Waals surface area (Å²) in [6.07, 6.45) is -0.782. The number of hydrogen-bond acceptors (Lipinski definition) is 5. The molecule has 1 aromatic heterocycles. The van der Waals surface area contributed by atoms with Crippen molar-refractivity contribution in [2.24, 2.45) is 0 Å². The van der Waals surface area contributed by atoms with E-state index in [1.54, 1.807) is 35.8 Å². The van der Waals surface area contributed by atoms with Crippen LogP contribution in [-0.4, -0.2) is 49.8 Å². The fourth-order valence-electron chi connectivity index (χ4n) is 3.29. The number of alkyl halides is 3. The molecule has 1 saturated carbocycles. The molecule has 0 radical (unpaired) electrons. The van der Waals surface area contributed by atoms with Crippen molar-refractivity contribution >= 4 is 15.9 Å². The molecule has 0 bridgehead atoms. The average Bonchev–Trinajstić information content (AvgIpc) is 3.50. The Hall–Kier alpha value is -2.50. The van der Waals surface area contributed by atoms with Gasteiger partial charge in [-0.25, -0.2) is 17.5 Å². The van der Waals surface area contributed by atoms with Gasteiger partial charge in [0.1, 0.15) is 12.8 Å². The van der Waals surface area contributed by atoms with Gasteiger partial charge in [0.05, 0.1) is 23.5 Å².